The highest BCUT2D eigenvalue weighted by Crippen LogP contribution is 2.34. The molecule has 9 heteroatoms. The van der Waals surface area contributed by atoms with Crippen LogP contribution in [0.3, 0.4) is 0 Å². The molecule has 0 aliphatic rings. The summed E-state index contributed by atoms with van der Waals surface area (Å²) in [5.41, 5.74) is 2.81. The van der Waals surface area contributed by atoms with Crippen molar-refractivity contribution in [2.24, 2.45) is 0 Å². The van der Waals surface area contributed by atoms with Gasteiger partial charge in [-0.3, -0.25) is 0 Å². The van der Waals surface area contributed by atoms with E-state index in [0.717, 1.165) is 38.2 Å². The van der Waals surface area contributed by atoms with Crippen molar-refractivity contribution in [2.75, 3.05) is 34.5 Å². The second-order valence-corrected chi connectivity index (χ2v) is 10.0. The predicted molar refractivity (Wildman–Crippen MR) is 148 cm³/mol. The van der Waals surface area contributed by atoms with E-state index in [1.807, 2.05) is 50.2 Å². The summed E-state index contributed by atoms with van der Waals surface area (Å²) in [7, 11) is 4.86. The van der Waals surface area contributed by atoms with Crippen molar-refractivity contribution in [1.82, 2.24) is 4.98 Å². The number of rotatable bonds is 14. The van der Waals surface area contributed by atoms with Crippen LogP contribution in [0.5, 0.6) is 23.0 Å². The van der Waals surface area contributed by atoms with E-state index in [2.05, 4.69) is 6.92 Å². The molecule has 2 aromatic carbocycles. The third kappa shape index (κ3) is 7.85. The molecule has 0 N–H and O–H groups in total. The summed E-state index contributed by atoms with van der Waals surface area (Å²) in [4.78, 5) is 18.3. The van der Waals surface area contributed by atoms with Gasteiger partial charge in [0.1, 0.15) is 16.5 Å². The van der Waals surface area contributed by atoms with Crippen LogP contribution in [0, 0.1) is 6.92 Å². The summed E-state index contributed by atoms with van der Waals surface area (Å²) < 4.78 is 33.4. The van der Waals surface area contributed by atoms with E-state index in [4.69, 9.17) is 33.4 Å². The maximum Gasteiger partial charge on any atom is 0.335 e. The molecule has 3 rings (SSSR count). The van der Waals surface area contributed by atoms with Crippen molar-refractivity contribution in [3.8, 4) is 33.6 Å². The SMILES string of the molecule is CCOC(=O)C(Cc1ccc(OCCc2nc(-c3cc(OC)cc(OC)c3)sc2C)c(OC)c1)OC(C)C. The van der Waals surface area contributed by atoms with E-state index in [9.17, 15) is 4.79 Å². The average molecular weight is 544 g/mol. The smallest absolute Gasteiger partial charge is 0.335 e. The van der Waals surface area contributed by atoms with Gasteiger partial charge in [-0.15, -0.1) is 11.3 Å². The summed E-state index contributed by atoms with van der Waals surface area (Å²) >= 11 is 1.62. The lowest BCUT2D eigenvalue weighted by Gasteiger charge is -2.19. The first-order valence-electron chi connectivity index (χ1n) is 12.6. The molecule has 1 unspecified atom stereocenters. The third-order valence-corrected chi connectivity index (χ3v) is 6.78. The Kier molecular flexibility index (Phi) is 10.8. The van der Waals surface area contributed by atoms with Crippen molar-refractivity contribution in [2.45, 2.75) is 52.7 Å². The minimum absolute atomic E-state index is 0.102. The van der Waals surface area contributed by atoms with Gasteiger partial charge >= 0.3 is 5.97 Å². The van der Waals surface area contributed by atoms with Crippen LogP contribution in [0.2, 0.25) is 0 Å². The fourth-order valence-corrected chi connectivity index (χ4v) is 4.84. The minimum Gasteiger partial charge on any atom is -0.497 e. The van der Waals surface area contributed by atoms with Gasteiger partial charge in [0.2, 0.25) is 0 Å². The first-order valence-corrected chi connectivity index (χ1v) is 13.4. The lowest BCUT2D eigenvalue weighted by molar-refractivity contribution is -0.159. The first-order chi connectivity index (χ1) is 18.3. The lowest BCUT2D eigenvalue weighted by atomic mass is 10.1. The highest BCUT2D eigenvalue weighted by atomic mass is 32.1. The number of esters is 1. The van der Waals surface area contributed by atoms with Gasteiger partial charge in [-0.25, -0.2) is 9.78 Å². The summed E-state index contributed by atoms with van der Waals surface area (Å²) in [5.74, 6) is 2.29. The van der Waals surface area contributed by atoms with Gasteiger partial charge < -0.3 is 28.4 Å². The van der Waals surface area contributed by atoms with Gasteiger partial charge in [0, 0.05) is 29.3 Å². The second-order valence-electron chi connectivity index (χ2n) is 8.84. The Bertz CT molecular complexity index is 1190. The van der Waals surface area contributed by atoms with Crippen LogP contribution >= 0.6 is 11.3 Å². The highest BCUT2D eigenvalue weighted by Gasteiger charge is 2.23. The van der Waals surface area contributed by atoms with Gasteiger partial charge in [-0.1, -0.05) is 6.07 Å². The summed E-state index contributed by atoms with van der Waals surface area (Å²) in [6.45, 7) is 8.37. The van der Waals surface area contributed by atoms with Crippen molar-refractivity contribution in [1.29, 1.82) is 0 Å². The Hall–Kier alpha value is -3.30. The molecule has 206 valence electrons. The van der Waals surface area contributed by atoms with Gasteiger partial charge in [-0.2, -0.15) is 0 Å². The Labute approximate surface area is 228 Å². The van der Waals surface area contributed by atoms with Crippen LogP contribution in [0.1, 0.15) is 36.9 Å². The lowest BCUT2D eigenvalue weighted by Crippen LogP contribution is -2.31. The third-order valence-electron chi connectivity index (χ3n) is 5.72. The predicted octanol–water partition coefficient (Wildman–Crippen LogP) is 5.67. The summed E-state index contributed by atoms with van der Waals surface area (Å²) in [6, 6.07) is 11.4. The molecule has 0 aliphatic carbocycles. The largest absolute Gasteiger partial charge is 0.497 e. The first kappa shape index (κ1) is 29.3. The Balaban J connectivity index is 1.67. The van der Waals surface area contributed by atoms with Crippen LogP contribution in [-0.2, 0) is 27.1 Å². The average Bonchev–Trinajstić information content (AvgIpc) is 3.28. The zero-order chi connectivity index (χ0) is 27.7. The molecule has 38 heavy (non-hydrogen) atoms. The van der Waals surface area contributed by atoms with E-state index < -0.39 is 6.10 Å². The van der Waals surface area contributed by atoms with E-state index >= 15 is 0 Å². The van der Waals surface area contributed by atoms with Crippen LogP contribution in [0.25, 0.3) is 10.6 Å². The van der Waals surface area contributed by atoms with Gasteiger partial charge in [0.05, 0.1) is 46.3 Å². The Morgan fingerprint density at radius 1 is 0.974 bits per heavy atom. The number of aryl methyl sites for hydroxylation is 1. The molecule has 1 aromatic heterocycles. The second kappa shape index (κ2) is 14.0. The quantitative estimate of drug-likeness (QED) is 0.241. The molecule has 0 fully saturated rings. The number of hydrogen-bond donors (Lipinski definition) is 0. The standard InChI is InChI=1S/C29H37NO7S/c1-8-35-29(31)27(37-18(2)3)14-20-9-10-25(26(13-20)34-7)36-12-11-24-19(4)38-28(30-24)21-15-22(32-5)17-23(16-21)33-6/h9-10,13,15-18,27H,8,11-12,14H2,1-7H3. The van der Waals surface area contributed by atoms with Crippen LogP contribution < -0.4 is 18.9 Å². The molecule has 0 spiro atoms. The number of thiazole rings is 1. The number of nitrogens with zero attached hydrogens (tertiary/aromatic N) is 1. The molecule has 0 radical (unpaired) electrons. The number of benzene rings is 2. The molecule has 3 aromatic rings. The molecule has 1 atom stereocenters. The zero-order valence-electron chi connectivity index (χ0n) is 23.2. The van der Waals surface area contributed by atoms with Crippen LogP contribution in [0.15, 0.2) is 36.4 Å². The molecule has 0 bridgehead atoms. The van der Waals surface area contributed by atoms with Crippen molar-refractivity contribution in [3.05, 3.63) is 52.5 Å². The van der Waals surface area contributed by atoms with Crippen molar-refractivity contribution in [3.63, 3.8) is 0 Å². The number of methoxy groups -OCH3 is 3. The van der Waals surface area contributed by atoms with E-state index in [1.54, 1.807) is 39.6 Å². The van der Waals surface area contributed by atoms with Crippen molar-refractivity contribution >= 4 is 17.3 Å². The van der Waals surface area contributed by atoms with E-state index in [1.165, 1.54) is 0 Å². The number of carbonyl (C=O) groups is 1. The number of carbonyl (C=O) groups excluding carboxylic acids is 1. The van der Waals surface area contributed by atoms with Gasteiger partial charge in [-0.05, 0) is 57.5 Å². The normalized spacial score (nSPS) is 11.8. The molecular formula is C29H37NO7S. The van der Waals surface area contributed by atoms with Crippen molar-refractivity contribution < 1.29 is 33.2 Å². The summed E-state index contributed by atoms with van der Waals surface area (Å²) in [5, 5.41) is 0.899. The topological polar surface area (TPSA) is 85.3 Å². The van der Waals surface area contributed by atoms with Crippen LogP contribution in [-0.4, -0.2) is 57.7 Å². The fraction of sp³-hybridized carbons (Fsp3) is 0.448. The molecular weight excluding hydrogens is 506 g/mol. The highest BCUT2D eigenvalue weighted by molar-refractivity contribution is 7.15. The molecule has 0 saturated heterocycles. The monoisotopic (exact) mass is 543 g/mol. The fourth-order valence-electron chi connectivity index (χ4n) is 3.90. The Morgan fingerprint density at radius 3 is 2.29 bits per heavy atom. The summed E-state index contributed by atoms with van der Waals surface area (Å²) in [6.07, 6.45) is 0.234. The van der Waals surface area contributed by atoms with Crippen LogP contribution in [0.4, 0.5) is 0 Å². The number of aromatic nitrogens is 1. The Morgan fingerprint density at radius 2 is 1.68 bits per heavy atom. The number of hydrogen-bond acceptors (Lipinski definition) is 9. The maximum absolute atomic E-state index is 12.3. The number of ether oxygens (including phenoxy) is 6. The molecule has 0 saturated carbocycles. The van der Waals surface area contributed by atoms with Gasteiger partial charge in [0.25, 0.3) is 0 Å². The van der Waals surface area contributed by atoms with E-state index in [0.29, 0.717) is 37.6 Å². The molecule has 8 nitrogen and oxygen atoms in total. The molecule has 0 aliphatic heterocycles. The molecule has 0 amide bonds. The molecule has 1 heterocycles. The van der Waals surface area contributed by atoms with Gasteiger partial charge in [0.15, 0.2) is 17.6 Å². The zero-order valence-corrected chi connectivity index (χ0v) is 24.0. The van der Waals surface area contributed by atoms with E-state index in [-0.39, 0.29) is 12.1 Å². The minimum atomic E-state index is -0.683. The maximum atomic E-state index is 12.3.